The van der Waals surface area contributed by atoms with Gasteiger partial charge in [0, 0.05) is 47.7 Å². The van der Waals surface area contributed by atoms with Gasteiger partial charge in [0.05, 0.1) is 5.69 Å². The zero-order valence-corrected chi connectivity index (χ0v) is 12.8. The summed E-state index contributed by atoms with van der Waals surface area (Å²) in [5.41, 5.74) is 1.08. The first-order valence-corrected chi connectivity index (χ1v) is 7.29. The standard InChI is InChI=1S/C15H15BrN4/c1-20-10-7-11(19-20)5-8-17-15-13-3-2-4-14(16)12(13)6-9-18-15/h2-4,6-7,9-10H,5,8H2,1H3,(H,17,18). The summed E-state index contributed by atoms with van der Waals surface area (Å²) in [6, 6.07) is 10.2. The molecular formula is C15H15BrN4. The van der Waals surface area contributed by atoms with E-state index >= 15 is 0 Å². The molecule has 0 atom stereocenters. The monoisotopic (exact) mass is 330 g/mol. The Labute approximate surface area is 126 Å². The van der Waals surface area contributed by atoms with Crippen molar-refractivity contribution < 1.29 is 0 Å². The number of pyridine rings is 1. The van der Waals surface area contributed by atoms with Crippen molar-refractivity contribution in [2.24, 2.45) is 7.05 Å². The second-order valence-corrected chi connectivity index (χ2v) is 5.51. The number of aryl methyl sites for hydroxylation is 1. The Morgan fingerprint density at radius 3 is 2.90 bits per heavy atom. The van der Waals surface area contributed by atoms with E-state index in [0.717, 1.165) is 34.3 Å². The molecule has 0 fully saturated rings. The van der Waals surface area contributed by atoms with E-state index in [1.807, 2.05) is 48.4 Å². The Bertz CT molecular complexity index is 736. The van der Waals surface area contributed by atoms with Crippen molar-refractivity contribution in [3.8, 4) is 0 Å². The molecule has 0 unspecified atom stereocenters. The van der Waals surface area contributed by atoms with Gasteiger partial charge in [-0.05, 0) is 18.2 Å². The van der Waals surface area contributed by atoms with Crippen molar-refractivity contribution in [1.29, 1.82) is 0 Å². The molecule has 20 heavy (non-hydrogen) atoms. The number of nitrogens with one attached hydrogen (secondary N) is 1. The quantitative estimate of drug-likeness (QED) is 0.797. The minimum absolute atomic E-state index is 0.815. The highest BCUT2D eigenvalue weighted by atomic mass is 79.9. The van der Waals surface area contributed by atoms with Crippen LogP contribution in [0.4, 0.5) is 5.82 Å². The molecule has 5 heteroatoms. The Morgan fingerprint density at radius 1 is 1.20 bits per heavy atom. The molecule has 3 aromatic rings. The van der Waals surface area contributed by atoms with Gasteiger partial charge in [0.15, 0.2) is 0 Å². The molecule has 0 bridgehead atoms. The highest BCUT2D eigenvalue weighted by Crippen LogP contribution is 2.27. The van der Waals surface area contributed by atoms with Crippen molar-refractivity contribution >= 4 is 32.5 Å². The molecule has 0 aliphatic heterocycles. The van der Waals surface area contributed by atoms with Gasteiger partial charge in [0.1, 0.15) is 5.82 Å². The maximum absolute atomic E-state index is 4.43. The van der Waals surface area contributed by atoms with E-state index in [1.165, 1.54) is 5.39 Å². The van der Waals surface area contributed by atoms with Crippen LogP contribution < -0.4 is 5.32 Å². The lowest BCUT2D eigenvalue weighted by Gasteiger charge is -2.08. The average molecular weight is 331 g/mol. The highest BCUT2D eigenvalue weighted by Gasteiger charge is 2.04. The topological polar surface area (TPSA) is 42.7 Å². The molecular weight excluding hydrogens is 316 g/mol. The van der Waals surface area contributed by atoms with E-state index in [1.54, 1.807) is 0 Å². The SMILES string of the molecule is Cn1ccc(CCNc2nccc3c(Br)cccc23)n1. The summed E-state index contributed by atoms with van der Waals surface area (Å²) in [5, 5.41) is 10.1. The third-order valence-electron chi connectivity index (χ3n) is 3.20. The van der Waals surface area contributed by atoms with Gasteiger partial charge in [-0.2, -0.15) is 5.10 Å². The first kappa shape index (κ1) is 13.1. The molecule has 0 spiro atoms. The largest absolute Gasteiger partial charge is 0.369 e. The van der Waals surface area contributed by atoms with Crippen LogP contribution in [0.5, 0.6) is 0 Å². The molecule has 2 heterocycles. The van der Waals surface area contributed by atoms with Crippen molar-refractivity contribution in [3.05, 3.63) is 52.9 Å². The smallest absolute Gasteiger partial charge is 0.133 e. The zero-order valence-electron chi connectivity index (χ0n) is 11.2. The molecule has 0 radical (unpaired) electrons. The Hall–Kier alpha value is -1.88. The predicted octanol–water partition coefficient (Wildman–Crippen LogP) is 3.39. The second kappa shape index (κ2) is 5.63. The third kappa shape index (κ3) is 2.67. The van der Waals surface area contributed by atoms with Crippen LogP contribution in [-0.4, -0.2) is 21.3 Å². The van der Waals surface area contributed by atoms with E-state index in [9.17, 15) is 0 Å². The number of aromatic nitrogens is 3. The molecule has 102 valence electrons. The minimum Gasteiger partial charge on any atom is -0.369 e. The number of rotatable bonds is 4. The Morgan fingerprint density at radius 2 is 2.10 bits per heavy atom. The summed E-state index contributed by atoms with van der Waals surface area (Å²) in [5.74, 6) is 0.916. The number of fused-ring (bicyclic) bond motifs is 1. The fraction of sp³-hybridized carbons (Fsp3) is 0.200. The van der Waals surface area contributed by atoms with Crippen LogP contribution in [0.25, 0.3) is 10.8 Å². The summed E-state index contributed by atoms with van der Waals surface area (Å²) >= 11 is 3.57. The van der Waals surface area contributed by atoms with Crippen LogP contribution in [0.3, 0.4) is 0 Å². The molecule has 1 aromatic carbocycles. The summed E-state index contributed by atoms with van der Waals surface area (Å²) in [6.07, 6.45) is 4.67. The minimum atomic E-state index is 0.815. The van der Waals surface area contributed by atoms with Gasteiger partial charge >= 0.3 is 0 Å². The number of hydrogen-bond donors (Lipinski definition) is 1. The number of hydrogen-bond acceptors (Lipinski definition) is 3. The van der Waals surface area contributed by atoms with E-state index in [2.05, 4.69) is 37.4 Å². The molecule has 0 saturated carbocycles. The van der Waals surface area contributed by atoms with Gasteiger partial charge in [0.2, 0.25) is 0 Å². The van der Waals surface area contributed by atoms with Gasteiger partial charge in [0.25, 0.3) is 0 Å². The van der Waals surface area contributed by atoms with Crippen molar-refractivity contribution in [2.45, 2.75) is 6.42 Å². The van der Waals surface area contributed by atoms with Gasteiger partial charge in [-0.15, -0.1) is 0 Å². The lowest BCUT2D eigenvalue weighted by atomic mass is 10.1. The van der Waals surface area contributed by atoms with Crippen LogP contribution >= 0.6 is 15.9 Å². The summed E-state index contributed by atoms with van der Waals surface area (Å²) < 4.78 is 2.91. The van der Waals surface area contributed by atoms with E-state index < -0.39 is 0 Å². The number of halogens is 1. The van der Waals surface area contributed by atoms with Crippen LogP contribution in [0.15, 0.2) is 47.2 Å². The Balaban J connectivity index is 1.76. The zero-order chi connectivity index (χ0) is 13.9. The van der Waals surface area contributed by atoms with Gasteiger partial charge in [-0.3, -0.25) is 4.68 Å². The highest BCUT2D eigenvalue weighted by molar-refractivity contribution is 9.10. The number of nitrogens with zero attached hydrogens (tertiary/aromatic N) is 3. The predicted molar refractivity (Wildman–Crippen MR) is 84.8 cm³/mol. The van der Waals surface area contributed by atoms with Crippen LogP contribution in [0.2, 0.25) is 0 Å². The van der Waals surface area contributed by atoms with Crippen LogP contribution in [-0.2, 0) is 13.5 Å². The molecule has 4 nitrogen and oxygen atoms in total. The van der Waals surface area contributed by atoms with Gasteiger partial charge < -0.3 is 5.32 Å². The molecule has 0 amide bonds. The van der Waals surface area contributed by atoms with Crippen molar-refractivity contribution in [2.75, 3.05) is 11.9 Å². The lowest BCUT2D eigenvalue weighted by Crippen LogP contribution is -2.07. The maximum Gasteiger partial charge on any atom is 0.133 e. The maximum atomic E-state index is 4.43. The van der Waals surface area contributed by atoms with Gasteiger partial charge in [-0.1, -0.05) is 28.1 Å². The molecule has 1 N–H and O–H groups in total. The molecule has 3 rings (SSSR count). The fourth-order valence-electron chi connectivity index (χ4n) is 2.22. The summed E-state index contributed by atoms with van der Waals surface area (Å²) in [4.78, 5) is 4.43. The molecule has 0 aliphatic rings. The van der Waals surface area contributed by atoms with Crippen LogP contribution in [0, 0.1) is 0 Å². The van der Waals surface area contributed by atoms with E-state index in [0.29, 0.717) is 0 Å². The second-order valence-electron chi connectivity index (χ2n) is 4.65. The van der Waals surface area contributed by atoms with Gasteiger partial charge in [-0.25, -0.2) is 4.98 Å². The van der Waals surface area contributed by atoms with Crippen molar-refractivity contribution in [1.82, 2.24) is 14.8 Å². The molecule has 0 aliphatic carbocycles. The third-order valence-corrected chi connectivity index (χ3v) is 3.89. The number of anilines is 1. The average Bonchev–Trinajstić information content (AvgIpc) is 2.86. The molecule has 2 aromatic heterocycles. The normalized spacial score (nSPS) is 10.9. The fourth-order valence-corrected chi connectivity index (χ4v) is 2.71. The Kier molecular flexibility index (Phi) is 3.69. The summed E-state index contributed by atoms with van der Waals surface area (Å²) in [6.45, 7) is 0.815. The van der Waals surface area contributed by atoms with Crippen LogP contribution in [0.1, 0.15) is 5.69 Å². The molecule has 0 saturated heterocycles. The summed E-state index contributed by atoms with van der Waals surface area (Å²) in [7, 11) is 1.93. The van der Waals surface area contributed by atoms with Crippen molar-refractivity contribution in [3.63, 3.8) is 0 Å². The number of benzene rings is 1. The first-order valence-electron chi connectivity index (χ1n) is 6.49. The first-order chi connectivity index (χ1) is 9.74. The van der Waals surface area contributed by atoms with E-state index in [4.69, 9.17) is 0 Å². The lowest BCUT2D eigenvalue weighted by molar-refractivity contribution is 0.742. The van der Waals surface area contributed by atoms with E-state index in [-0.39, 0.29) is 0 Å².